The van der Waals surface area contributed by atoms with Gasteiger partial charge in [-0.1, -0.05) is 31.5 Å². The minimum Gasteiger partial charge on any atom is -0.493 e. The van der Waals surface area contributed by atoms with Gasteiger partial charge in [0.1, 0.15) is 5.75 Å². The topological polar surface area (TPSA) is 120 Å². The lowest BCUT2D eigenvalue weighted by Crippen LogP contribution is -2.55. The highest BCUT2D eigenvalue weighted by atomic mass is 19.4. The van der Waals surface area contributed by atoms with E-state index in [1.54, 1.807) is 43.0 Å². The molecule has 2 fully saturated rings. The van der Waals surface area contributed by atoms with Crippen LogP contribution in [0.3, 0.4) is 0 Å². The average molecular weight is 648 g/mol. The van der Waals surface area contributed by atoms with Crippen molar-refractivity contribution in [1.82, 2.24) is 14.8 Å². The van der Waals surface area contributed by atoms with E-state index >= 15 is 0 Å². The van der Waals surface area contributed by atoms with E-state index in [0.29, 0.717) is 49.8 Å². The molecule has 3 heterocycles. The minimum atomic E-state index is -4.72. The number of para-hydroxylation sites is 1. The summed E-state index contributed by atoms with van der Waals surface area (Å²) in [6.45, 7) is 6.31. The fraction of sp³-hybridized carbons (Fsp3) is 0.588. The maximum absolute atomic E-state index is 13.9. The molecular formula is C34H44F3N3O6. The summed E-state index contributed by atoms with van der Waals surface area (Å²) in [6.07, 6.45) is 0.807. The quantitative estimate of drug-likeness (QED) is 0.292. The van der Waals surface area contributed by atoms with Crippen molar-refractivity contribution in [3.05, 3.63) is 59.4 Å². The number of benzene rings is 1. The predicted molar refractivity (Wildman–Crippen MR) is 164 cm³/mol. The number of carbonyl (C=O) groups is 3. The summed E-state index contributed by atoms with van der Waals surface area (Å²) >= 11 is 0. The van der Waals surface area contributed by atoms with Crippen molar-refractivity contribution in [3.8, 4) is 5.75 Å². The van der Waals surface area contributed by atoms with Crippen molar-refractivity contribution >= 4 is 17.8 Å². The number of amides is 2. The summed E-state index contributed by atoms with van der Waals surface area (Å²) in [5.41, 5.74) is -3.07. The van der Waals surface area contributed by atoms with Gasteiger partial charge in [-0.15, -0.1) is 0 Å². The van der Waals surface area contributed by atoms with Gasteiger partial charge >= 0.3 is 12.1 Å². The number of piperidine rings is 2. The normalized spacial score (nSPS) is 20.3. The fourth-order valence-corrected chi connectivity index (χ4v) is 6.60. The second-order valence-corrected chi connectivity index (χ2v) is 13.0. The molecule has 1 aromatic carbocycles. The van der Waals surface area contributed by atoms with Crippen LogP contribution in [0, 0.1) is 11.3 Å². The third-order valence-corrected chi connectivity index (χ3v) is 9.37. The van der Waals surface area contributed by atoms with Gasteiger partial charge in [0.2, 0.25) is 5.91 Å². The summed E-state index contributed by atoms with van der Waals surface area (Å²) < 4.78 is 47.2. The lowest BCUT2D eigenvalue weighted by Gasteiger charge is -2.45. The third-order valence-electron chi connectivity index (χ3n) is 9.37. The van der Waals surface area contributed by atoms with E-state index < -0.39 is 52.2 Å². The molecule has 2 unspecified atom stereocenters. The maximum atomic E-state index is 13.9. The molecule has 9 nitrogen and oxygen atoms in total. The van der Waals surface area contributed by atoms with E-state index in [-0.39, 0.29) is 45.0 Å². The Morgan fingerprint density at radius 2 is 1.78 bits per heavy atom. The van der Waals surface area contributed by atoms with E-state index in [0.717, 1.165) is 18.5 Å². The van der Waals surface area contributed by atoms with E-state index in [1.165, 1.54) is 4.90 Å². The Bertz CT molecular complexity index is 1390. The number of hydrogen-bond donors (Lipinski definition) is 2. The van der Waals surface area contributed by atoms with Gasteiger partial charge in [-0.2, -0.15) is 13.2 Å². The van der Waals surface area contributed by atoms with Crippen LogP contribution in [0.15, 0.2) is 42.7 Å². The summed E-state index contributed by atoms with van der Waals surface area (Å²) in [5.74, 6) is -1.86. The Morgan fingerprint density at radius 3 is 2.43 bits per heavy atom. The summed E-state index contributed by atoms with van der Waals surface area (Å²) in [4.78, 5) is 45.8. The van der Waals surface area contributed by atoms with Gasteiger partial charge in [-0.3, -0.25) is 19.4 Å². The zero-order valence-electron chi connectivity index (χ0n) is 26.7. The number of rotatable bonds is 11. The largest absolute Gasteiger partial charge is 0.493 e. The molecule has 0 spiro atoms. The molecule has 1 aromatic heterocycles. The van der Waals surface area contributed by atoms with E-state index in [4.69, 9.17) is 4.74 Å². The smallest absolute Gasteiger partial charge is 0.417 e. The van der Waals surface area contributed by atoms with Gasteiger partial charge in [0, 0.05) is 43.6 Å². The van der Waals surface area contributed by atoms with E-state index in [9.17, 15) is 37.8 Å². The number of aliphatic carboxylic acids is 1. The molecule has 2 N–H and O–H groups in total. The molecule has 4 rings (SSSR count). The average Bonchev–Trinajstić information content (AvgIpc) is 3.03. The SMILES string of the molecule is CCCC1C(C(=O)N2CCC(O)(c3ccccc3OCCCC(C)(C)C(=O)O)CC2)CCCN1C(=O)c1cnccc1C(F)(F)F. The van der Waals surface area contributed by atoms with Gasteiger partial charge in [-0.25, -0.2) is 0 Å². The van der Waals surface area contributed by atoms with Crippen LogP contribution >= 0.6 is 0 Å². The number of carboxylic acid groups (broad SMARTS) is 1. The Kier molecular flexibility index (Phi) is 11.0. The number of aliphatic hydroxyl groups is 1. The standard InChI is InChI=1S/C34H44F3N3O6/c1-4-9-27-23(10-7-18-40(27)30(42)24-22-38-17-13-25(24)34(35,36)37)29(41)39-19-15-33(45,16-20-39)26-11-5-6-12-28(26)46-21-8-14-32(2,3)31(43)44/h5-6,11-13,17,22-23,27,45H,4,7-10,14-16,18-21H2,1-3H3,(H,43,44). The van der Waals surface area contributed by atoms with Gasteiger partial charge < -0.3 is 24.7 Å². The highest BCUT2D eigenvalue weighted by Gasteiger charge is 2.44. The van der Waals surface area contributed by atoms with Crippen LogP contribution in [0.2, 0.25) is 0 Å². The van der Waals surface area contributed by atoms with Crippen LogP contribution in [-0.2, 0) is 21.4 Å². The Labute approximate surface area is 267 Å². The lowest BCUT2D eigenvalue weighted by molar-refractivity contribution is -0.147. The summed E-state index contributed by atoms with van der Waals surface area (Å²) in [5, 5.41) is 21.1. The first kappa shape index (κ1) is 35.2. The van der Waals surface area contributed by atoms with Crippen LogP contribution in [0.5, 0.6) is 5.75 Å². The summed E-state index contributed by atoms with van der Waals surface area (Å²) in [7, 11) is 0. The number of carbonyl (C=O) groups excluding carboxylic acids is 2. The van der Waals surface area contributed by atoms with Crippen molar-refractivity contribution in [3.63, 3.8) is 0 Å². The first-order valence-electron chi connectivity index (χ1n) is 16.0. The Balaban J connectivity index is 1.44. The number of alkyl halides is 3. The molecule has 0 bridgehead atoms. The van der Waals surface area contributed by atoms with Gasteiger partial charge in [0.15, 0.2) is 0 Å². The molecule has 46 heavy (non-hydrogen) atoms. The monoisotopic (exact) mass is 647 g/mol. The molecule has 252 valence electrons. The molecule has 2 aromatic rings. The van der Waals surface area contributed by atoms with Gasteiger partial charge in [-0.05, 0) is 70.9 Å². The van der Waals surface area contributed by atoms with Gasteiger partial charge in [0.05, 0.1) is 34.7 Å². The van der Waals surface area contributed by atoms with E-state index in [1.807, 2.05) is 6.92 Å². The minimum absolute atomic E-state index is 0.161. The third kappa shape index (κ3) is 7.82. The number of aromatic nitrogens is 1. The molecule has 0 aliphatic carbocycles. The Morgan fingerprint density at radius 1 is 1.09 bits per heavy atom. The molecule has 0 radical (unpaired) electrons. The first-order valence-corrected chi connectivity index (χ1v) is 16.0. The fourth-order valence-electron chi connectivity index (χ4n) is 6.60. The molecule has 2 saturated heterocycles. The second-order valence-electron chi connectivity index (χ2n) is 13.0. The van der Waals surface area contributed by atoms with Crippen LogP contribution < -0.4 is 4.74 Å². The maximum Gasteiger partial charge on any atom is 0.417 e. The first-order chi connectivity index (χ1) is 21.7. The van der Waals surface area contributed by atoms with Crippen molar-refractivity contribution in [2.24, 2.45) is 11.3 Å². The van der Waals surface area contributed by atoms with Crippen molar-refractivity contribution in [2.75, 3.05) is 26.2 Å². The number of pyridine rings is 1. The second kappa shape index (κ2) is 14.4. The van der Waals surface area contributed by atoms with E-state index in [2.05, 4.69) is 4.98 Å². The zero-order chi connectivity index (χ0) is 33.7. The molecule has 0 saturated carbocycles. The van der Waals surface area contributed by atoms with Crippen molar-refractivity contribution in [2.45, 2.75) is 90.0 Å². The van der Waals surface area contributed by atoms with Crippen molar-refractivity contribution in [1.29, 1.82) is 0 Å². The summed E-state index contributed by atoms with van der Waals surface area (Å²) in [6, 6.07) is 7.41. The lowest BCUT2D eigenvalue weighted by atomic mass is 9.81. The molecule has 2 amide bonds. The number of carboxylic acids is 1. The number of halogens is 3. The van der Waals surface area contributed by atoms with Gasteiger partial charge in [0.25, 0.3) is 5.91 Å². The number of ether oxygens (including phenoxy) is 1. The zero-order valence-corrected chi connectivity index (χ0v) is 26.7. The number of hydrogen-bond acceptors (Lipinski definition) is 6. The van der Waals surface area contributed by atoms with Crippen LogP contribution in [-0.4, -0.2) is 75.1 Å². The number of likely N-dealkylation sites (tertiary alicyclic amines) is 2. The van der Waals surface area contributed by atoms with Crippen molar-refractivity contribution < 1.29 is 42.5 Å². The number of nitrogens with zero attached hydrogens (tertiary/aromatic N) is 3. The molecule has 2 atom stereocenters. The van der Waals surface area contributed by atoms with Crippen LogP contribution in [0.1, 0.15) is 93.6 Å². The van der Waals surface area contributed by atoms with Crippen LogP contribution in [0.25, 0.3) is 0 Å². The Hall–Kier alpha value is -3.67. The van der Waals surface area contributed by atoms with Crippen LogP contribution in [0.4, 0.5) is 13.2 Å². The molecule has 2 aliphatic heterocycles. The molecule has 12 heteroatoms. The highest BCUT2D eigenvalue weighted by molar-refractivity contribution is 5.96. The highest BCUT2D eigenvalue weighted by Crippen LogP contribution is 2.40. The molecular weight excluding hydrogens is 603 g/mol. The molecule has 2 aliphatic rings. The predicted octanol–water partition coefficient (Wildman–Crippen LogP) is 5.90.